The van der Waals surface area contributed by atoms with Crippen LogP contribution in [0.3, 0.4) is 0 Å². The van der Waals surface area contributed by atoms with Crippen molar-refractivity contribution in [1.82, 2.24) is 14.5 Å². The molecule has 3 N–H and O–H groups in total. The molecule has 0 saturated heterocycles. The summed E-state index contributed by atoms with van der Waals surface area (Å²) in [6.45, 7) is 8.96. The molecule has 3 rings (SSSR count). The molecule has 6 heteroatoms. The monoisotopic (exact) mass is 351 g/mol. The van der Waals surface area contributed by atoms with Crippen molar-refractivity contribution in [3.8, 4) is 5.88 Å². The zero-order chi connectivity index (χ0) is 18.8. The molecule has 2 aromatic heterocycles. The number of hydrogen-bond acceptors (Lipinski definition) is 3. The van der Waals surface area contributed by atoms with E-state index in [0.717, 1.165) is 12.2 Å². The molecule has 0 spiro atoms. The Morgan fingerprint density at radius 1 is 1.27 bits per heavy atom. The Morgan fingerprint density at radius 2 is 2.00 bits per heavy atom. The molecule has 0 saturated carbocycles. The number of para-hydroxylation sites is 1. The predicted molar refractivity (Wildman–Crippen MR) is 104 cm³/mol. The Bertz CT molecular complexity index is 1130. The molecule has 2 heterocycles. The van der Waals surface area contributed by atoms with Crippen LogP contribution in [0.2, 0.25) is 0 Å². The summed E-state index contributed by atoms with van der Waals surface area (Å²) in [5, 5.41) is 11.0. The van der Waals surface area contributed by atoms with Gasteiger partial charge in [-0.15, -0.1) is 0 Å². The highest BCUT2D eigenvalue weighted by molar-refractivity contribution is 5.88. The van der Waals surface area contributed by atoms with E-state index >= 15 is 0 Å². The number of aryl methyl sites for hydroxylation is 2. The molecule has 1 aromatic carbocycles. The van der Waals surface area contributed by atoms with Gasteiger partial charge < -0.3 is 9.67 Å². The zero-order valence-electron chi connectivity index (χ0n) is 14.8. The minimum atomic E-state index is -0.736. The molecule has 0 aliphatic rings. The summed E-state index contributed by atoms with van der Waals surface area (Å²) in [6, 6.07) is 8.23. The van der Waals surface area contributed by atoms with Crippen LogP contribution in [0, 0.1) is 6.92 Å². The van der Waals surface area contributed by atoms with Crippen molar-refractivity contribution >= 4 is 17.0 Å². The van der Waals surface area contributed by atoms with E-state index in [1.807, 2.05) is 24.3 Å². The van der Waals surface area contributed by atoms with Crippen LogP contribution in [-0.2, 0) is 13.0 Å². The van der Waals surface area contributed by atoms with Gasteiger partial charge in [0.2, 0.25) is 5.88 Å². The summed E-state index contributed by atoms with van der Waals surface area (Å²) in [7, 11) is 0. The second-order valence-electron chi connectivity index (χ2n) is 6.18. The standard InChI is InChI=1S/C20H21N3O3/c1-4-23-16(13(3)14-7-5-6-8-17(14)23)10-9-12(2)11-15-18(24)21-20(26)22-19(15)25/h5-10H,2,4,11H2,1,3H3,(H3,21,22,24,25,26). The van der Waals surface area contributed by atoms with Crippen LogP contribution < -0.4 is 11.2 Å². The Morgan fingerprint density at radius 3 is 2.69 bits per heavy atom. The molecule has 0 bridgehead atoms. The maximum absolute atomic E-state index is 11.8. The van der Waals surface area contributed by atoms with E-state index in [9.17, 15) is 14.7 Å². The van der Waals surface area contributed by atoms with Crippen LogP contribution in [0.25, 0.3) is 17.0 Å². The average Bonchev–Trinajstić information content (AvgIpc) is 2.88. The number of rotatable bonds is 5. The smallest absolute Gasteiger partial charge is 0.328 e. The van der Waals surface area contributed by atoms with Crippen molar-refractivity contribution in [1.29, 1.82) is 0 Å². The zero-order valence-corrected chi connectivity index (χ0v) is 14.8. The molecule has 134 valence electrons. The van der Waals surface area contributed by atoms with Gasteiger partial charge in [-0.3, -0.25) is 14.8 Å². The summed E-state index contributed by atoms with van der Waals surface area (Å²) in [5.41, 5.74) is 2.82. The summed E-state index contributed by atoms with van der Waals surface area (Å²) in [5.74, 6) is -0.424. The van der Waals surface area contributed by atoms with E-state index in [4.69, 9.17) is 0 Å². The number of aromatic amines is 2. The molecular formula is C20H21N3O3. The van der Waals surface area contributed by atoms with E-state index < -0.39 is 17.1 Å². The highest BCUT2D eigenvalue weighted by Gasteiger charge is 2.11. The first-order valence-corrected chi connectivity index (χ1v) is 8.40. The van der Waals surface area contributed by atoms with Gasteiger partial charge in [-0.05, 0) is 31.6 Å². The van der Waals surface area contributed by atoms with Crippen molar-refractivity contribution in [3.05, 3.63) is 80.2 Å². The molecule has 0 radical (unpaired) electrons. The fourth-order valence-corrected chi connectivity index (χ4v) is 3.20. The van der Waals surface area contributed by atoms with Crippen LogP contribution in [0.1, 0.15) is 23.7 Å². The molecular weight excluding hydrogens is 330 g/mol. The largest absolute Gasteiger partial charge is 0.494 e. The lowest BCUT2D eigenvalue weighted by atomic mass is 10.1. The maximum Gasteiger partial charge on any atom is 0.328 e. The van der Waals surface area contributed by atoms with Gasteiger partial charge in [0.25, 0.3) is 5.56 Å². The first kappa shape index (κ1) is 17.5. The lowest BCUT2D eigenvalue weighted by molar-refractivity contribution is 0.441. The van der Waals surface area contributed by atoms with Gasteiger partial charge in [0.15, 0.2) is 0 Å². The number of nitrogens with one attached hydrogen (secondary N) is 2. The predicted octanol–water partition coefficient (Wildman–Crippen LogP) is 2.86. The minimum absolute atomic E-state index is 0.0898. The highest BCUT2D eigenvalue weighted by atomic mass is 16.3. The lowest BCUT2D eigenvalue weighted by Gasteiger charge is -2.06. The molecule has 3 aromatic rings. The molecule has 0 unspecified atom stereocenters. The first-order valence-electron chi connectivity index (χ1n) is 8.40. The topological polar surface area (TPSA) is 90.9 Å². The summed E-state index contributed by atoms with van der Waals surface area (Å²) >= 11 is 0. The fourth-order valence-electron chi connectivity index (χ4n) is 3.20. The number of allylic oxidation sites excluding steroid dienone is 2. The molecule has 26 heavy (non-hydrogen) atoms. The van der Waals surface area contributed by atoms with E-state index in [1.165, 1.54) is 16.5 Å². The Hall–Kier alpha value is -3.28. The van der Waals surface area contributed by atoms with Crippen LogP contribution in [0.15, 0.2) is 52.1 Å². The molecule has 0 fully saturated rings. The van der Waals surface area contributed by atoms with Crippen molar-refractivity contribution in [2.75, 3.05) is 0 Å². The minimum Gasteiger partial charge on any atom is -0.494 e. The van der Waals surface area contributed by atoms with Gasteiger partial charge in [0.1, 0.15) is 0 Å². The Balaban J connectivity index is 1.92. The highest BCUT2D eigenvalue weighted by Crippen LogP contribution is 2.27. The SMILES string of the molecule is C=C(C=Cc1c(C)c2ccccc2n1CC)Cc1c(O)[nH]c(=O)[nH]c1=O. The van der Waals surface area contributed by atoms with Crippen molar-refractivity contribution in [3.63, 3.8) is 0 Å². The van der Waals surface area contributed by atoms with E-state index in [0.29, 0.717) is 5.57 Å². The summed E-state index contributed by atoms with van der Waals surface area (Å²) < 4.78 is 2.22. The lowest BCUT2D eigenvalue weighted by Crippen LogP contribution is -2.25. The van der Waals surface area contributed by atoms with E-state index in [2.05, 4.69) is 47.1 Å². The van der Waals surface area contributed by atoms with Crippen molar-refractivity contribution < 1.29 is 5.11 Å². The molecule has 0 aliphatic heterocycles. The number of aromatic nitrogens is 3. The molecule has 0 atom stereocenters. The number of H-pyrrole nitrogens is 2. The van der Waals surface area contributed by atoms with Crippen LogP contribution in [0.5, 0.6) is 5.88 Å². The molecule has 0 aliphatic carbocycles. The third-order valence-corrected chi connectivity index (χ3v) is 4.49. The van der Waals surface area contributed by atoms with E-state index in [1.54, 1.807) is 0 Å². The Kier molecular flexibility index (Phi) is 4.67. The maximum atomic E-state index is 11.8. The second kappa shape index (κ2) is 6.92. The van der Waals surface area contributed by atoms with Gasteiger partial charge in [0, 0.05) is 29.6 Å². The fraction of sp³-hybridized carbons (Fsp3) is 0.200. The van der Waals surface area contributed by atoms with E-state index in [-0.39, 0.29) is 12.0 Å². The van der Waals surface area contributed by atoms with Gasteiger partial charge in [-0.2, -0.15) is 0 Å². The van der Waals surface area contributed by atoms with Crippen LogP contribution in [0.4, 0.5) is 0 Å². The first-order chi connectivity index (χ1) is 12.4. The normalized spacial score (nSPS) is 11.5. The van der Waals surface area contributed by atoms with Crippen molar-refractivity contribution in [2.24, 2.45) is 0 Å². The summed E-state index contributed by atoms with van der Waals surface area (Å²) in [6.07, 6.45) is 3.94. The van der Waals surface area contributed by atoms with Gasteiger partial charge in [-0.25, -0.2) is 4.79 Å². The number of benzene rings is 1. The number of nitrogens with zero attached hydrogens (tertiary/aromatic N) is 1. The average molecular weight is 351 g/mol. The number of hydrogen-bond donors (Lipinski definition) is 3. The third-order valence-electron chi connectivity index (χ3n) is 4.49. The van der Waals surface area contributed by atoms with Crippen LogP contribution in [-0.4, -0.2) is 19.6 Å². The molecule has 0 amide bonds. The molecule has 6 nitrogen and oxygen atoms in total. The second-order valence-corrected chi connectivity index (χ2v) is 6.18. The number of fused-ring (bicyclic) bond motifs is 1. The van der Waals surface area contributed by atoms with Gasteiger partial charge >= 0.3 is 5.69 Å². The third kappa shape index (κ3) is 3.13. The van der Waals surface area contributed by atoms with Gasteiger partial charge in [0.05, 0.1) is 5.56 Å². The van der Waals surface area contributed by atoms with Gasteiger partial charge in [-0.1, -0.05) is 36.4 Å². The quantitative estimate of drug-likeness (QED) is 0.617. The van der Waals surface area contributed by atoms with Crippen LogP contribution >= 0.6 is 0 Å². The Labute approximate surface area is 150 Å². The summed E-state index contributed by atoms with van der Waals surface area (Å²) in [4.78, 5) is 27.3. The van der Waals surface area contributed by atoms with Crippen molar-refractivity contribution in [2.45, 2.75) is 26.8 Å². The number of aromatic hydroxyl groups is 1.